The minimum absolute atomic E-state index is 0.628. The van der Waals surface area contributed by atoms with Gasteiger partial charge in [0.15, 0.2) is 0 Å². The van der Waals surface area contributed by atoms with Crippen molar-refractivity contribution < 1.29 is 4.74 Å². The van der Waals surface area contributed by atoms with E-state index < -0.39 is 0 Å². The van der Waals surface area contributed by atoms with Gasteiger partial charge in [-0.05, 0) is 61.2 Å². The second-order valence-corrected chi connectivity index (χ2v) is 6.85. The molecular weight excluding hydrogens is 328 g/mol. The Bertz CT molecular complexity index is 727. The highest BCUT2D eigenvalue weighted by Gasteiger charge is 1.94. The van der Waals surface area contributed by atoms with Crippen LogP contribution in [0.15, 0.2) is 60.7 Å². The third-order valence-electron chi connectivity index (χ3n) is 4.44. The number of aryl methyl sites for hydroxylation is 1. The summed E-state index contributed by atoms with van der Waals surface area (Å²) in [6.45, 7) is 5.07. The molecule has 0 aromatic heterocycles. The van der Waals surface area contributed by atoms with Crippen molar-refractivity contribution in [1.82, 2.24) is 0 Å². The van der Waals surface area contributed by atoms with Gasteiger partial charge in [-0.15, -0.1) is 0 Å². The van der Waals surface area contributed by atoms with Gasteiger partial charge in [-0.2, -0.15) is 0 Å². The molecule has 0 radical (unpaired) electrons. The highest BCUT2D eigenvalue weighted by Crippen LogP contribution is 2.12. The first-order valence-electron chi connectivity index (χ1n) is 10.3. The highest BCUT2D eigenvalue weighted by molar-refractivity contribution is 5.44. The van der Waals surface area contributed by atoms with Gasteiger partial charge in [0.2, 0.25) is 0 Å². The Hall–Kier alpha value is -2.46. The quantitative estimate of drug-likeness (QED) is 0.253. The second-order valence-electron chi connectivity index (χ2n) is 6.85. The second kappa shape index (κ2) is 12.8. The van der Waals surface area contributed by atoms with Crippen molar-refractivity contribution in [2.24, 2.45) is 0 Å². The molecule has 0 atom stereocenters. The number of unbranched alkanes of at least 4 members (excludes halogenated alkanes) is 4. The van der Waals surface area contributed by atoms with Gasteiger partial charge in [-0.25, -0.2) is 0 Å². The maximum atomic E-state index is 5.75. The standard InChI is InChI=1S/C26H32O/c1-3-5-6-7-8-9-10-22-27-26-20-18-25(19-21-26)17-16-24-14-12-23(11-4-2)13-15-24/h9-10,12-15,18-21H,3-8,11,22H2,1-2H3. The molecule has 2 aromatic carbocycles. The number of ether oxygens (including phenoxy) is 1. The van der Waals surface area contributed by atoms with Crippen LogP contribution >= 0.6 is 0 Å². The Morgan fingerprint density at radius 2 is 1.41 bits per heavy atom. The highest BCUT2D eigenvalue weighted by atomic mass is 16.5. The first-order valence-corrected chi connectivity index (χ1v) is 10.3. The van der Waals surface area contributed by atoms with Crippen LogP contribution in [0, 0.1) is 11.8 Å². The fraction of sp³-hybridized carbons (Fsp3) is 0.385. The summed E-state index contributed by atoms with van der Waals surface area (Å²) in [6.07, 6.45) is 13.0. The van der Waals surface area contributed by atoms with Crippen LogP contribution in [0.4, 0.5) is 0 Å². The molecule has 1 heteroatoms. The van der Waals surface area contributed by atoms with E-state index in [4.69, 9.17) is 4.74 Å². The molecule has 0 saturated heterocycles. The fourth-order valence-electron chi connectivity index (χ4n) is 2.84. The van der Waals surface area contributed by atoms with Crippen molar-refractivity contribution in [3.8, 4) is 17.6 Å². The molecule has 0 N–H and O–H groups in total. The smallest absolute Gasteiger partial charge is 0.119 e. The van der Waals surface area contributed by atoms with Gasteiger partial charge >= 0.3 is 0 Å². The van der Waals surface area contributed by atoms with E-state index in [0.717, 1.165) is 29.7 Å². The Labute approximate surface area is 165 Å². The molecule has 0 unspecified atom stereocenters. The molecule has 0 fully saturated rings. The van der Waals surface area contributed by atoms with E-state index in [1.54, 1.807) is 0 Å². The van der Waals surface area contributed by atoms with Crippen LogP contribution in [-0.4, -0.2) is 6.61 Å². The monoisotopic (exact) mass is 360 g/mol. The summed E-state index contributed by atoms with van der Waals surface area (Å²) in [5.41, 5.74) is 3.44. The summed E-state index contributed by atoms with van der Waals surface area (Å²) in [5, 5.41) is 0. The zero-order valence-electron chi connectivity index (χ0n) is 16.8. The predicted octanol–water partition coefficient (Wildman–Crippen LogP) is 6.94. The predicted molar refractivity (Wildman–Crippen MR) is 116 cm³/mol. The molecule has 0 amide bonds. The SMILES string of the molecule is CCCCCCC=CCOc1ccc(C#Cc2ccc(CCC)cc2)cc1. The Kier molecular flexibility index (Phi) is 9.90. The molecule has 142 valence electrons. The normalized spacial score (nSPS) is 10.6. The van der Waals surface area contributed by atoms with Crippen molar-refractivity contribution in [1.29, 1.82) is 0 Å². The molecule has 2 rings (SSSR count). The Morgan fingerprint density at radius 1 is 0.741 bits per heavy atom. The van der Waals surface area contributed by atoms with Gasteiger partial charge < -0.3 is 4.74 Å². The van der Waals surface area contributed by atoms with Crippen LogP contribution in [0.2, 0.25) is 0 Å². The summed E-state index contributed by atoms with van der Waals surface area (Å²) in [7, 11) is 0. The van der Waals surface area contributed by atoms with E-state index in [2.05, 4.69) is 62.1 Å². The summed E-state index contributed by atoms with van der Waals surface area (Å²) in [5.74, 6) is 7.34. The van der Waals surface area contributed by atoms with Crippen LogP contribution in [0.3, 0.4) is 0 Å². The lowest BCUT2D eigenvalue weighted by Gasteiger charge is -2.02. The molecule has 0 saturated carbocycles. The molecule has 0 bridgehead atoms. The van der Waals surface area contributed by atoms with Crippen LogP contribution in [-0.2, 0) is 6.42 Å². The first kappa shape index (κ1) is 20.8. The lowest BCUT2D eigenvalue weighted by molar-refractivity contribution is 0.362. The fourth-order valence-corrected chi connectivity index (χ4v) is 2.84. The Balaban J connectivity index is 1.76. The molecule has 0 aliphatic carbocycles. The maximum Gasteiger partial charge on any atom is 0.119 e. The minimum Gasteiger partial charge on any atom is -0.490 e. The van der Waals surface area contributed by atoms with Gasteiger partial charge in [0, 0.05) is 11.1 Å². The number of allylic oxidation sites excluding steroid dienone is 1. The topological polar surface area (TPSA) is 9.23 Å². The van der Waals surface area contributed by atoms with Gasteiger partial charge in [-0.1, -0.05) is 75.7 Å². The lowest BCUT2D eigenvalue weighted by Crippen LogP contribution is -1.93. The van der Waals surface area contributed by atoms with Gasteiger partial charge in [0.25, 0.3) is 0 Å². The molecule has 0 aliphatic heterocycles. The molecule has 0 aliphatic rings. The minimum atomic E-state index is 0.628. The third kappa shape index (κ3) is 8.65. The average Bonchev–Trinajstić information content (AvgIpc) is 2.70. The molecule has 2 aromatic rings. The number of rotatable bonds is 10. The summed E-state index contributed by atoms with van der Waals surface area (Å²) in [6, 6.07) is 16.6. The lowest BCUT2D eigenvalue weighted by atomic mass is 10.1. The molecule has 27 heavy (non-hydrogen) atoms. The van der Waals surface area contributed by atoms with Crippen LogP contribution < -0.4 is 4.74 Å². The maximum absolute atomic E-state index is 5.75. The summed E-state index contributed by atoms with van der Waals surface area (Å²) < 4.78 is 5.75. The van der Waals surface area contributed by atoms with Crippen LogP contribution in [0.25, 0.3) is 0 Å². The summed E-state index contributed by atoms with van der Waals surface area (Å²) >= 11 is 0. The van der Waals surface area contributed by atoms with Crippen molar-refractivity contribution in [2.75, 3.05) is 6.61 Å². The first-order chi connectivity index (χ1) is 13.3. The largest absolute Gasteiger partial charge is 0.490 e. The van der Waals surface area contributed by atoms with Crippen molar-refractivity contribution in [3.63, 3.8) is 0 Å². The van der Waals surface area contributed by atoms with E-state index in [1.807, 2.05) is 24.3 Å². The van der Waals surface area contributed by atoms with Gasteiger partial charge in [0.05, 0.1) is 0 Å². The number of benzene rings is 2. The average molecular weight is 361 g/mol. The van der Waals surface area contributed by atoms with E-state index in [1.165, 1.54) is 37.7 Å². The molecule has 1 nitrogen and oxygen atoms in total. The number of hydrogen-bond donors (Lipinski definition) is 0. The van der Waals surface area contributed by atoms with Crippen LogP contribution in [0.1, 0.15) is 69.1 Å². The van der Waals surface area contributed by atoms with Crippen molar-refractivity contribution in [3.05, 3.63) is 77.4 Å². The summed E-state index contributed by atoms with van der Waals surface area (Å²) in [4.78, 5) is 0. The zero-order valence-corrected chi connectivity index (χ0v) is 16.8. The van der Waals surface area contributed by atoms with E-state index in [0.29, 0.717) is 6.61 Å². The van der Waals surface area contributed by atoms with Crippen molar-refractivity contribution >= 4 is 0 Å². The molecule has 0 spiro atoms. The molecule has 0 heterocycles. The van der Waals surface area contributed by atoms with E-state index in [9.17, 15) is 0 Å². The number of hydrogen-bond acceptors (Lipinski definition) is 1. The van der Waals surface area contributed by atoms with E-state index in [-0.39, 0.29) is 0 Å². The van der Waals surface area contributed by atoms with Gasteiger partial charge in [0.1, 0.15) is 12.4 Å². The van der Waals surface area contributed by atoms with Crippen molar-refractivity contribution in [2.45, 2.75) is 58.8 Å². The van der Waals surface area contributed by atoms with E-state index >= 15 is 0 Å². The zero-order chi connectivity index (χ0) is 19.2. The third-order valence-corrected chi connectivity index (χ3v) is 4.44. The van der Waals surface area contributed by atoms with Crippen LogP contribution in [0.5, 0.6) is 5.75 Å². The van der Waals surface area contributed by atoms with Gasteiger partial charge in [-0.3, -0.25) is 0 Å². The molecular formula is C26H32O. The Morgan fingerprint density at radius 3 is 2.04 bits per heavy atom.